The summed E-state index contributed by atoms with van der Waals surface area (Å²) in [5.41, 5.74) is 1.09. The van der Waals surface area contributed by atoms with Crippen LogP contribution < -0.4 is 10.1 Å². The number of halogens is 2. The van der Waals surface area contributed by atoms with Gasteiger partial charge in [0.15, 0.2) is 0 Å². The van der Waals surface area contributed by atoms with Crippen LogP contribution in [0.15, 0.2) is 12.1 Å². The van der Waals surface area contributed by atoms with Gasteiger partial charge >= 0.3 is 0 Å². The molecular weight excluding hydrogens is 305 g/mol. The molecule has 1 fully saturated rings. The number of hydrogen-bond donors (Lipinski definition) is 1. The fraction of sp³-hybridized carbons (Fsp3) is 0.647. The lowest BCUT2D eigenvalue weighted by Crippen LogP contribution is -2.24. The van der Waals surface area contributed by atoms with Crippen LogP contribution in [-0.4, -0.2) is 13.7 Å². The summed E-state index contributed by atoms with van der Waals surface area (Å²) in [6.45, 7) is 3.06. The fourth-order valence-corrected chi connectivity index (χ4v) is 3.82. The third kappa shape index (κ3) is 4.51. The lowest BCUT2D eigenvalue weighted by Gasteiger charge is -2.28. The molecule has 2 rings (SSSR count). The van der Waals surface area contributed by atoms with Crippen molar-refractivity contribution in [2.24, 2.45) is 5.92 Å². The van der Waals surface area contributed by atoms with E-state index in [1.807, 2.05) is 12.1 Å². The first-order chi connectivity index (χ1) is 10.2. The van der Waals surface area contributed by atoms with Crippen LogP contribution in [-0.2, 0) is 0 Å². The van der Waals surface area contributed by atoms with Gasteiger partial charge in [-0.3, -0.25) is 0 Å². The number of methoxy groups -OCH3 is 1. The van der Waals surface area contributed by atoms with Crippen molar-refractivity contribution in [2.75, 3.05) is 13.7 Å². The highest BCUT2D eigenvalue weighted by Gasteiger charge is 2.22. The molecule has 0 bridgehead atoms. The second-order valence-corrected chi connectivity index (χ2v) is 6.67. The molecular formula is C17H25Cl2NO. The van der Waals surface area contributed by atoms with Gasteiger partial charge in [-0.2, -0.15) is 0 Å². The molecule has 1 aliphatic rings. The number of benzene rings is 1. The third-order valence-corrected chi connectivity index (χ3v) is 5.01. The van der Waals surface area contributed by atoms with E-state index in [0.29, 0.717) is 10.8 Å². The molecule has 4 heteroatoms. The van der Waals surface area contributed by atoms with Crippen molar-refractivity contribution in [1.29, 1.82) is 0 Å². The number of ether oxygens (including phenoxy) is 1. The zero-order valence-corrected chi connectivity index (χ0v) is 14.4. The molecule has 118 valence electrons. The molecule has 1 unspecified atom stereocenters. The largest absolute Gasteiger partial charge is 0.495 e. The van der Waals surface area contributed by atoms with E-state index >= 15 is 0 Å². The van der Waals surface area contributed by atoms with Crippen molar-refractivity contribution in [2.45, 2.75) is 51.5 Å². The van der Waals surface area contributed by atoms with E-state index in [4.69, 9.17) is 27.9 Å². The van der Waals surface area contributed by atoms with E-state index in [9.17, 15) is 0 Å². The molecule has 0 saturated heterocycles. The van der Waals surface area contributed by atoms with Crippen molar-refractivity contribution in [3.63, 3.8) is 0 Å². The first-order valence-corrected chi connectivity index (χ1v) is 8.67. The molecule has 1 N–H and O–H groups in total. The summed E-state index contributed by atoms with van der Waals surface area (Å²) < 4.78 is 5.23. The summed E-state index contributed by atoms with van der Waals surface area (Å²) in [6, 6.07) is 4.05. The summed E-state index contributed by atoms with van der Waals surface area (Å²) in [5.74, 6) is 1.43. The van der Waals surface area contributed by atoms with Crippen LogP contribution >= 0.6 is 23.2 Å². The van der Waals surface area contributed by atoms with Crippen molar-refractivity contribution >= 4 is 23.2 Å². The summed E-state index contributed by atoms with van der Waals surface area (Å²) in [4.78, 5) is 0. The predicted molar refractivity (Wildman–Crippen MR) is 90.6 cm³/mol. The predicted octanol–water partition coefficient (Wildman–Crippen LogP) is 5.62. The Morgan fingerprint density at radius 2 is 1.90 bits per heavy atom. The molecule has 0 spiro atoms. The second-order valence-electron chi connectivity index (χ2n) is 5.86. The maximum atomic E-state index is 6.45. The van der Waals surface area contributed by atoms with Gasteiger partial charge in [0.1, 0.15) is 5.75 Å². The summed E-state index contributed by atoms with van der Waals surface area (Å²) in [5, 5.41) is 4.93. The Balaban J connectivity index is 2.18. The third-order valence-electron chi connectivity index (χ3n) is 4.39. The standard InChI is InChI=1S/C17H25Cl2NO/c1-3-20-16(9-12-7-5-4-6-8-12)13-10-15(19)17(21-2)11-14(13)18/h10-12,16,20H,3-9H2,1-2H3. The molecule has 21 heavy (non-hydrogen) atoms. The molecule has 1 atom stereocenters. The zero-order valence-electron chi connectivity index (χ0n) is 12.9. The molecule has 0 amide bonds. The van der Waals surface area contributed by atoms with E-state index in [1.165, 1.54) is 32.1 Å². The molecule has 0 aliphatic heterocycles. The van der Waals surface area contributed by atoms with Crippen LogP contribution in [0.5, 0.6) is 5.75 Å². The molecule has 1 aromatic rings. The number of hydrogen-bond acceptors (Lipinski definition) is 2. The van der Waals surface area contributed by atoms with Gasteiger partial charge in [-0.25, -0.2) is 0 Å². The van der Waals surface area contributed by atoms with Crippen LogP contribution in [0.3, 0.4) is 0 Å². The Morgan fingerprint density at radius 3 is 2.52 bits per heavy atom. The highest BCUT2D eigenvalue weighted by Crippen LogP contribution is 2.38. The van der Waals surface area contributed by atoms with Gasteiger partial charge in [-0.1, -0.05) is 62.2 Å². The lowest BCUT2D eigenvalue weighted by molar-refractivity contribution is 0.301. The molecule has 0 radical (unpaired) electrons. The van der Waals surface area contributed by atoms with Gasteiger partial charge in [0, 0.05) is 17.1 Å². The quantitative estimate of drug-likeness (QED) is 0.730. The van der Waals surface area contributed by atoms with Gasteiger partial charge < -0.3 is 10.1 Å². The number of nitrogens with one attached hydrogen (secondary N) is 1. The molecule has 1 aliphatic carbocycles. The second kappa shape index (κ2) is 8.26. The SMILES string of the molecule is CCNC(CC1CCCCC1)c1cc(Cl)c(OC)cc1Cl. The smallest absolute Gasteiger partial charge is 0.138 e. The average Bonchev–Trinajstić information content (AvgIpc) is 2.50. The summed E-state index contributed by atoms with van der Waals surface area (Å²) in [6.07, 6.45) is 7.92. The van der Waals surface area contributed by atoms with E-state index in [0.717, 1.165) is 29.5 Å². The van der Waals surface area contributed by atoms with E-state index < -0.39 is 0 Å². The molecule has 1 saturated carbocycles. The van der Waals surface area contributed by atoms with E-state index in [-0.39, 0.29) is 6.04 Å². The first kappa shape index (κ1) is 16.9. The maximum absolute atomic E-state index is 6.45. The Labute approximate surface area is 138 Å². The minimum Gasteiger partial charge on any atom is -0.495 e. The van der Waals surface area contributed by atoms with Crippen LogP contribution in [0.2, 0.25) is 10.0 Å². The Kier molecular flexibility index (Phi) is 6.66. The van der Waals surface area contributed by atoms with Gasteiger partial charge in [0.2, 0.25) is 0 Å². The minimum atomic E-state index is 0.272. The van der Waals surface area contributed by atoms with Crippen LogP contribution in [0, 0.1) is 5.92 Å². The van der Waals surface area contributed by atoms with Crippen LogP contribution in [0.25, 0.3) is 0 Å². The molecule has 0 aromatic heterocycles. The minimum absolute atomic E-state index is 0.272. The fourth-order valence-electron chi connectivity index (χ4n) is 3.29. The normalized spacial score (nSPS) is 17.7. The van der Waals surface area contributed by atoms with E-state index in [2.05, 4.69) is 12.2 Å². The Bertz CT molecular complexity index is 458. The first-order valence-electron chi connectivity index (χ1n) is 7.92. The van der Waals surface area contributed by atoms with Crippen molar-refractivity contribution in [3.8, 4) is 5.75 Å². The van der Waals surface area contributed by atoms with Gasteiger partial charge in [0.05, 0.1) is 12.1 Å². The van der Waals surface area contributed by atoms with Crippen LogP contribution in [0.4, 0.5) is 0 Å². The van der Waals surface area contributed by atoms with Crippen molar-refractivity contribution in [3.05, 3.63) is 27.7 Å². The topological polar surface area (TPSA) is 21.3 Å². The Morgan fingerprint density at radius 1 is 1.19 bits per heavy atom. The molecule has 1 aromatic carbocycles. The number of rotatable bonds is 6. The Hall–Kier alpha value is -0.440. The van der Waals surface area contributed by atoms with Crippen molar-refractivity contribution in [1.82, 2.24) is 5.32 Å². The van der Waals surface area contributed by atoms with Crippen molar-refractivity contribution < 1.29 is 4.74 Å². The summed E-state index contributed by atoms with van der Waals surface area (Å²) >= 11 is 12.7. The highest BCUT2D eigenvalue weighted by molar-refractivity contribution is 6.34. The lowest BCUT2D eigenvalue weighted by atomic mass is 9.83. The van der Waals surface area contributed by atoms with Gasteiger partial charge in [0.25, 0.3) is 0 Å². The average molecular weight is 330 g/mol. The molecule has 0 heterocycles. The summed E-state index contributed by atoms with van der Waals surface area (Å²) in [7, 11) is 1.61. The van der Waals surface area contributed by atoms with Gasteiger partial charge in [-0.15, -0.1) is 0 Å². The zero-order chi connectivity index (χ0) is 15.2. The monoisotopic (exact) mass is 329 g/mol. The van der Waals surface area contributed by atoms with Crippen LogP contribution in [0.1, 0.15) is 57.1 Å². The molecule has 2 nitrogen and oxygen atoms in total. The highest BCUT2D eigenvalue weighted by atomic mass is 35.5. The van der Waals surface area contributed by atoms with E-state index in [1.54, 1.807) is 7.11 Å². The van der Waals surface area contributed by atoms with Gasteiger partial charge in [-0.05, 0) is 30.5 Å². The maximum Gasteiger partial charge on any atom is 0.138 e.